The topological polar surface area (TPSA) is 78.7 Å². The zero-order valence-corrected chi connectivity index (χ0v) is 14.8. The van der Waals surface area contributed by atoms with Crippen LogP contribution in [0, 0.1) is 34.6 Å². The van der Waals surface area contributed by atoms with E-state index in [0.717, 1.165) is 30.0 Å². The number of nitriles is 1. The summed E-state index contributed by atoms with van der Waals surface area (Å²) < 4.78 is 11.0. The van der Waals surface area contributed by atoms with Gasteiger partial charge in [-0.05, 0) is 73.8 Å². The van der Waals surface area contributed by atoms with Gasteiger partial charge in [-0.3, -0.25) is 0 Å². The van der Waals surface area contributed by atoms with Crippen molar-refractivity contribution in [3.8, 4) is 17.7 Å². The smallest absolute Gasteiger partial charge is 0.231 e. The highest BCUT2D eigenvalue weighted by Gasteiger charge is 2.50. The molecule has 0 amide bonds. The van der Waals surface area contributed by atoms with Crippen LogP contribution in [0.3, 0.4) is 0 Å². The van der Waals surface area contributed by atoms with Crippen molar-refractivity contribution in [1.29, 1.82) is 5.26 Å². The van der Waals surface area contributed by atoms with Crippen LogP contribution in [0.5, 0.6) is 11.5 Å². The van der Waals surface area contributed by atoms with Gasteiger partial charge in [0.25, 0.3) is 0 Å². The number of para-hydroxylation sites is 1. The maximum Gasteiger partial charge on any atom is 0.231 e. The molecule has 6 heteroatoms. The van der Waals surface area contributed by atoms with E-state index in [1.807, 2.05) is 24.4 Å². The predicted molar refractivity (Wildman–Crippen MR) is 97.8 cm³/mol. The number of anilines is 1. The van der Waals surface area contributed by atoms with Crippen LogP contribution >= 0.6 is 0 Å². The lowest BCUT2D eigenvalue weighted by atomic mass is 9.49. The minimum atomic E-state index is 0.222. The first-order valence-corrected chi connectivity index (χ1v) is 9.59. The molecule has 0 unspecified atom stereocenters. The standard InChI is InChI=1S/C20H24N4O2/c21-11-23-19(24-16-2-1-3-17-18(16)26-12-25-17)22-10-20-7-13-4-14(8-20)6-15(5-13)9-20/h1-3,13-15H,4-10,12H2,(H2,22,23,24). The molecule has 0 aromatic heterocycles. The van der Waals surface area contributed by atoms with Gasteiger partial charge in [-0.15, -0.1) is 4.99 Å². The fraction of sp³-hybridized carbons (Fsp3) is 0.600. The highest BCUT2D eigenvalue weighted by Crippen LogP contribution is 2.59. The number of nitrogens with zero attached hydrogens (tertiary/aromatic N) is 2. The minimum absolute atomic E-state index is 0.222. The molecular weight excluding hydrogens is 328 g/mol. The summed E-state index contributed by atoms with van der Waals surface area (Å²) in [7, 11) is 0. The van der Waals surface area contributed by atoms with Crippen molar-refractivity contribution in [3.63, 3.8) is 0 Å². The molecular formula is C20H24N4O2. The molecule has 2 N–H and O–H groups in total. The molecule has 26 heavy (non-hydrogen) atoms. The Hall–Kier alpha value is -2.42. The Morgan fingerprint density at radius 2 is 1.88 bits per heavy atom. The van der Waals surface area contributed by atoms with E-state index in [0.29, 0.717) is 22.9 Å². The third-order valence-electron chi connectivity index (χ3n) is 6.61. The molecule has 1 aromatic rings. The quantitative estimate of drug-likeness (QED) is 0.495. The summed E-state index contributed by atoms with van der Waals surface area (Å²) in [6, 6.07) is 5.68. The van der Waals surface area contributed by atoms with Crippen LogP contribution in [0.1, 0.15) is 38.5 Å². The van der Waals surface area contributed by atoms with Crippen LogP contribution in [-0.4, -0.2) is 19.3 Å². The molecule has 4 bridgehead atoms. The van der Waals surface area contributed by atoms with Crippen LogP contribution in [0.25, 0.3) is 0 Å². The summed E-state index contributed by atoms with van der Waals surface area (Å²) in [6.07, 6.45) is 10.2. The Morgan fingerprint density at radius 3 is 2.58 bits per heavy atom. The molecule has 5 aliphatic rings. The zero-order chi connectivity index (χ0) is 17.6. The second kappa shape index (κ2) is 6.08. The van der Waals surface area contributed by atoms with Gasteiger partial charge in [-0.2, -0.15) is 5.26 Å². The second-order valence-electron chi connectivity index (χ2n) is 8.50. The average molecular weight is 352 g/mol. The van der Waals surface area contributed by atoms with Gasteiger partial charge in [0.2, 0.25) is 18.9 Å². The Bertz CT molecular complexity index is 747. The Labute approximate surface area is 153 Å². The van der Waals surface area contributed by atoms with E-state index in [9.17, 15) is 0 Å². The van der Waals surface area contributed by atoms with Crippen LogP contribution in [0.2, 0.25) is 0 Å². The SMILES string of the molecule is N#C/N=C(\NCC12CC3CC(CC(C3)C1)C2)Nc1cccc2c1OCO2. The highest BCUT2D eigenvalue weighted by atomic mass is 16.7. The van der Waals surface area contributed by atoms with E-state index >= 15 is 0 Å². The number of aliphatic imine (C=N–C) groups is 1. The van der Waals surface area contributed by atoms with E-state index in [1.54, 1.807) is 0 Å². The van der Waals surface area contributed by atoms with Crippen molar-refractivity contribution in [1.82, 2.24) is 5.32 Å². The van der Waals surface area contributed by atoms with Crippen molar-refractivity contribution in [2.75, 3.05) is 18.7 Å². The first kappa shape index (κ1) is 15.8. The normalized spacial score (nSPS) is 33.8. The van der Waals surface area contributed by atoms with Crippen molar-refractivity contribution in [2.45, 2.75) is 38.5 Å². The Balaban J connectivity index is 1.30. The summed E-state index contributed by atoms with van der Waals surface area (Å²) >= 11 is 0. The van der Waals surface area contributed by atoms with E-state index in [4.69, 9.17) is 14.7 Å². The summed E-state index contributed by atoms with van der Waals surface area (Å²) in [5.74, 6) is 4.62. The first-order chi connectivity index (χ1) is 12.7. The molecule has 6 nitrogen and oxygen atoms in total. The summed E-state index contributed by atoms with van der Waals surface area (Å²) in [5.41, 5.74) is 1.15. The third kappa shape index (κ3) is 2.76. The van der Waals surface area contributed by atoms with E-state index in [-0.39, 0.29) is 6.79 Å². The fourth-order valence-corrected chi connectivity index (χ4v) is 6.10. The molecule has 4 fully saturated rings. The number of hydrogen-bond acceptors (Lipinski definition) is 4. The molecule has 4 aliphatic carbocycles. The van der Waals surface area contributed by atoms with Crippen molar-refractivity contribution in [3.05, 3.63) is 18.2 Å². The number of benzene rings is 1. The van der Waals surface area contributed by atoms with Crippen molar-refractivity contribution < 1.29 is 9.47 Å². The summed E-state index contributed by atoms with van der Waals surface area (Å²) in [4.78, 5) is 3.97. The van der Waals surface area contributed by atoms with Gasteiger partial charge >= 0.3 is 0 Å². The van der Waals surface area contributed by atoms with Crippen LogP contribution < -0.4 is 20.1 Å². The van der Waals surface area contributed by atoms with Gasteiger partial charge in [0.1, 0.15) is 0 Å². The van der Waals surface area contributed by atoms with Gasteiger partial charge < -0.3 is 20.1 Å². The number of rotatable bonds is 3. The number of nitrogens with one attached hydrogen (secondary N) is 2. The van der Waals surface area contributed by atoms with Gasteiger partial charge in [-0.25, -0.2) is 0 Å². The predicted octanol–water partition coefficient (Wildman–Crippen LogP) is 3.47. The van der Waals surface area contributed by atoms with Crippen LogP contribution in [0.15, 0.2) is 23.2 Å². The average Bonchev–Trinajstić information content (AvgIpc) is 3.08. The van der Waals surface area contributed by atoms with Crippen molar-refractivity contribution in [2.24, 2.45) is 28.2 Å². The molecule has 4 saturated carbocycles. The fourth-order valence-electron chi connectivity index (χ4n) is 6.10. The molecule has 1 aliphatic heterocycles. The maximum atomic E-state index is 9.10. The molecule has 0 saturated heterocycles. The van der Waals surface area contributed by atoms with Crippen molar-refractivity contribution >= 4 is 11.6 Å². The second-order valence-corrected chi connectivity index (χ2v) is 8.50. The molecule has 6 rings (SSSR count). The van der Waals surface area contributed by atoms with Crippen LogP contribution in [-0.2, 0) is 0 Å². The lowest BCUT2D eigenvalue weighted by Crippen LogP contribution is -2.51. The highest BCUT2D eigenvalue weighted by molar-refractivity contribution is 5.96. The molecule has 136 valence electrons. The van der Waals surface area contributed by atoms with Gasteiger partial charge in [0.15, 0.2) is 11.5 Å². The molecule has 1 heterocycles. The lowest BCUT2D eigenvalue weighted by Gasteiger charge is -2.57. The monoisotopic (exact) mass is 352 g/mol. The largest absolute Gasteiger partial charge is 0.454 e. The first-order valence-electron chi connectivity index (χ1n) is 9.59. The molecule has 0 radical (unpaired) electrons. The number of ether oxygens (including phenoxy) is 2. The number of fused-ring (bicyclic) bond motifs is 1. The lowest BCUT2D eigenvalue weighted by molar-refractivity contribution is -0.0491. The summed E-state index contributed by atoms with van der Waals surface area (Å²) in [6.45, 7) is 1.11. The van der Waals surface area contributed by atoms with E-state index < -0.39 is 0 Å². The molecule has 0 spiro atoms. The van der Waals surface area contributed by atoms with Gasteiger partial charge in [0.05, 0.1) is 5.69 Å². The van der Waals surface area contributed by atoms with Gasteiger partial charge in [-0.1, -0.05) is 6.07 Å². The Morgan fingerprint density at radius 1 is 1.15 bits per heavy atom. The number of hydrogen-bond donors (Lipinski definition) is 2. The third-order valence-corrected chi connectivity index (χ3v) is 6.61. The van der Waals surface area contributed by atoms with E-state index in [1.165, 1.54) is 38.5 Å². The maximum absolute atomic E-state index is 9.10. The summed E-state index contributed by atoms with van der Waals surface area (Å²) in [5, 5.41) is 15.8. The minimum Gasteiger partial charge on any atom is -0.454 e. The Kier molecular flexibility index (Phi) is 3.70. The van der Waals surface area contributed by atoms with Crippen LogP contribution in [0.4, 0.5) is 5.69 Å². The molecule has 1 aromatic carbocycles. The van der Waals surface area contributed by atoms with E-state index in [2.05, 4.69) is 15.6 Å². The number of guanidine groups is 1. The molecule has 0 atom stereocenters. The van der Waals surface area contributed by atoms with Gasteiger partial charge in [0, 0.05) is 6.54 Å². The zero-order valence-electron chi connectivity index (χ0n) is 14.8.